The van der Waals surface area contributed by atoms with E-state index in [1.807, 2.05) is 6.07 Å². The van der Waals surface area contributed by atoms with E-state index < -0.39 is 6.61 Å². The molecule has 2 aromatic rings. The van der Waals surface area contributed by atoms with E-state index >= 15 is 0 Å². The summed E-state index contributed by atoms with van der Waals surface area (Å²) in [5, 5.41) is 11.6. The first-order valence-corrected chi connectivity index (χ1v) is 5.98. The van der Waals surface area contributed by atoms with Crippen molar-refractivity contribution in [3.63, 3.8) is 0 Å². The molecule has 0 aliphatic heterocycles. The number of nitriles is 1. The fourth-order valence-electron chi connectivity index (χ4n) is 1.70. The second-order valence-electron chi connectivity index (χ2n) is 3.98. The summed E-state index contributed by atoms with van der Waals surface area (Å²) >= 11 is 0. The summed E-state index contributed by atoms with van der Waals surface area (Å²) < 4.78 is 39.2. The number of methoxy groups -OCH3 is 1. The van der Waals surface area contributed by atoms with E-state index in [4.69, 9.17) is 14.4 Å². The van der Waals surface area contributed by atoms with Gasteiger partial charge < -0.3 is 19.2 Å². The molecule has 0 amide bonds. The van der Waals surface area contributed by atoms with Gasteiger partial charge in [-0.15, -0.1) is 0 Å². The van der Waals surface area contributed by atoms with E-state index in [-0.39, 0.29) is 17.3 Å². The van der Waals surface area contributed by atoms with Crippen molar-refractivity contribution >= 4 is 5.69 Å². The van der Waals surface area contributed by atoms with Gasteiger partial charge in [0.25, 0.3) is 0 Å². The topological polar surface area (TPSA) is 67.4 Å². The van der Waals surface area contributed by atoms with Crippen LogP contribution in [0.3, 0.4) is 0 Å². The first-order chi connectivity index (χ1) is 10.1. The Morgan fingerprint density at radius 2 is 2.10 bits per heavy atom. The van der Waals surface area contributed by atoms with Gasteiger partial charge in [0.05, 0.1) is 13.7 Å². The minimum atomic E-state index is -2.93. The Morgan fingerprint density at radius 1 is 1.29 bits per heavy atom. The number of furan rings is 1. The Balaban J connectivity index is 2.07. The molecular weight excluding hydrogens is 282 g/mol. The number of nitrogens with one attached hydrogen (secondary N) is 1. The van der Waals surface area contributed by atoms with Crippen molar-refractivity contribution in [3.05, 3.63) is 41.9 Å². The molecule has 0 atom stereocenters. The molecule has 5 nitrogen and oxygen atoms in total. The van der Waals surface area contributed by atoms with E-state index in [2.05, 4.69) is 10.1 Å². The number of ether oxygens (including phenoxy) is 2. The largest absolute Gasteiger partial charge is 0.493 e. The van der Waals surface area contributed by atoms with Crippen LogP contribution in [0.25, 0.3) is 0 Å². The molecule has 1 aromatic heterocycles. The zero-order chi connectivity index (χ0) is 15.2. The normalized spacial score (nSPS) is 10.2. The van der Waals surface area contributed by atoms with Gasteiger partial charge in [-0.05, 0) is 24.3 Å². The molecule has 1 N–H and O–H groups in total. The minimum Gasteiger partial charge on any atom is -0.493 e. The number of alkyl halides is 2. The Labute approximate surface area is 119 Å². The van der Waals surface area contributed by atoms with Crippen molar-refractivity contribution < 1.29 is 22.7 Å². The van der Waals surface area contributed by atoms with Gasteiger partial charge in [0.1, 0.15) is 11.8 Å². The molecule has 0 bridgehead atoms. The number of anilines is 1. The zero-order valence-electron chi connectivity index (χ0n) is 11.1. The Morgan fingerprint density at radius 3 is 2.71 bits per heavy atom. The molecule has 0 spiro atoms. The number of benzene rings is 1. The third kappa shape index (κ3) is 3.86. The van der Waals surface area contributed by atoms with Gasteiger partial charge in [-0.3, -0.25) is 0 Å². The van der Waals surface area contributed by atoms with Crippen molar-refractivity contribution in [3.8, 4) is 17.6 Å². The van der Waals surface area contributed by atoms with E-state index in [0.29, 0.717) is 18.0 Å². The highest BCUT2D eigenvalue weighted by Crippen LogP contribution is 2.31. The molecule has 21 heavy (non-hydrogen) atoms. The molecule has 0 fully saturated rings. The summed E-state index contributed by atoms with van der Waals surface area (Å²) in [7, 11) is 1.37. The van der Waals surface area contributed by atoms with E-state index in [1.165, 1.54) is 19.2 Å². The van der Waals surface area contributed by atoms with Crippen LogP contribution in [0, 0.1) is 11.3 Å². The van der Waals surface area contributed by atoms with E-state index in [0.717, 1.165) is 0 Å². The number of nitrogens with zero attached hydrogens (tertiary/aromatic N) is 1. The van der Waals surface area contributed by atoms with Crippen LogP contribution in [-0.4, -0.2) is 13.7 Å². The molecule has 0 aliphatic rings. The maximum absolute atomic E-state index is 12.3. The summed E-state index contributed by atoms with van der Waals surface area (Å²) in [5.41, 5.74) is 0.557. The van der Waals surface area contributed by atoms with Gasteiger partial charge in [-0.1, -0.05) is 0 Å². The Bertz CT molecular complexity index is 650. The molecular formula is C14H12F2N2O3. The zero-order valence-corrected chi connectivity index (χ0v) is 11.1. The van der Waals surface area contributed by atoms with Crippen LogP contribution >= 0.6 is 0 Å². The van der Waals surface area contributed by atoms with Crippen molar-refractivity contribution in [1.82, 2.24) is 0 Å². The van der Waals surface area contributed by atoms with Gasteiger partial charge >= 0.3 is 6.61 Å². The summed E-state index contributed by atoms with van der Waals surface area (Å²) in [5.74, 6) is 0.919. The van der Waals surface area contributed by atoms with Crippen LogP contribution in [0.15, 0.2) is 34.7 Å². The average molecular weight is 294 g/mol. The first kappa shape index (κ1) is 14.7. The van der Waals surface area contributed by atoms with Crippen molar-refractivity contribution in [2.45, 2.75) is 13.2 Å². The van der Waals surface area contributed by atoms with Crippen LogP contribution in [0.4, 0.5) is 14.5 Å². The number of hydrogen-bond acceptors (Lipinski definition) is 5. The van der Waals surface area contributed by atoms with Crippen molar-refractivity contribution in [2.75, 3.05) is 12.4 Å². The molecule has 1 heterocycles. The number of hydrogen-bond donors (Lipinski definition) is 1. The van der Waals surface area contributed by atoms with Crippen molar-refractivity contribution in [2.24, 2.45) is 0 Å². The predicted molar refractivity (Wildman–Crippen MR) is 70.4 cm³/mol. The summed E-state index contributed by atoms with van der Waals surface area (Å²) in [6, 6.07) is 9.66. The lowest BCUT2D eigenvalue weighted by atomic mass is 10.2. The quantitative estimate of drug-likeness (QED) is 0.884. The third-order valence-electron chi connectivity index (χ3n) is 2.62. The molecule has 2 rings (SSSR count). The van der Waals surface area contributed by atoms with Crippen LogP contribution in [-0.2, 0) is 6.54 Å². The second kappa shape index (κ2) is 6.61. The predicted octanol–water partition coefficient (Wildman–Crippen LogP) is 3.37. The highest BCUT2D eigenvalue weighted by Gasteiger charge is 2.11. The highest BCUT2D eigenvalue weighted by atomic mass is 19.3. The lowest BCUT2D eigenvalue weighted by Crippen LogP contribution is -2.05. The molecule has 110 valence electrons. The standard InChI is InChI=1S/C14H12F2N2O3/c1-19-12-5-2-9(6-13(12)21-14(15)16)18-8-11-4-3-10(7-17)20-11/h2-6,14,18H,8H2,1H3. The van der Waals surface area contributed by atoms with Crippen LogP contribution in [0.1, 0.15) is 11.5 Å². The Kier molecular flexibility index (Phi) is 4.61. The highest BCUT2D eigenvalue weighted by molar-refractivity contribution is 5.54. The van der Waals surface area contributed by atoms with Crippen LogP contribution in [0.5, 0.6) is 11.5 Å². The molecule has 0 saturated heterocycles. The Hall–Kier alpha value is -2.75. The van der Waals surface area contributed by atoms with Crippen LogP contribution < -0.4 is 14.8 Å². The van der Waals surface area contributed by atoms with E-state index in [1.54, 1.807) is 18.2 Å². The SMILES string of the molecule is COc1ccc(NCc2ccc(C#N)o2)cc1OC(F)F. The van der Waals surface area contributed by atoms with Gasteiger partial charge in [0.15, 0.2) is 11.5 Å². The average Bonchev–Trinajstić information content (AvgIpc) is 2.93. The van der Waals surface area contributed by atoms with E-state index in [9.17, 15) is 8.78 Å². The van der Waals surface area contributed by atoms with Gasteiger partial charge in [-0.2, -0.15) is 14.0 Å². The van der Waals surface area contributed by atoms with Gasteiger partial charge in [0, 0.05) is 11.8 Å². The lowest BCUT2D eigenvalue weighted by Gasteiger charge is -2.12. The van der Waals surface area contributed by atoms with Crippen LogP contribution in [0.2, 0.25) is 0 Å². The smallest absolute Gasteiger partial charge is 0.387 e. The molecule has 0 saturated carbocycles. The third-order valence-corrected chi connectivity index (χ3v) is 2.62. The minimum absolute atomic E-state index is 0.0605. The monoisotopic (exact) mass is 294 g/mol. The summed E-state index contributed by atoms with van der Waals surface area (Å²) in [6.45, 7) is -2.63. The molecule has 0 radical (unpaired) electrons. The lowest BCUT2D eigenvalue weighted by molar-refractivity contribution is -0.0511. The molecule has 1 aromatic carbocycles. The number of rotatable bonds is 6. The number of halogens is 2. The van der Waals surface area contributed by atoms with Gasteiger partial charge in [0.2, 0.25) is 5.76 Å². The first-order valence-electron chi connectivity index (χ1n) is 5.98. The van der Waals surface area contributed by atoms with Gasteiger partial charge in [-0.25, -0.2) is 0 Å². The summed E-state index contributed by atoms with van der Waals surface area (Å²) in [6.07, 6.45) is 0. The summed E-state index contributed by atoms with van der Waals surface area (Å²) in [4.78, 5) is 0. The molecule has 0 aliphatic carbocycles. The van der Waals surface area contributed by atoms with Crippen molar-refractivity contribution in [1.29, 1.82) is 5.26 Å². The fraction of sp³-hybridized carbons (Fsp3) is 0.214. The maximum atomic E-state index is 12.3. The molecule has 0 unspecified atom stereocenters. The fourth-order valence-corrected chi connectivity index (χ4v) is 1.70. The second-order valence-corrected chi connectivity index (χ2v) is 3.98. The molecule has 7 heteroatoms. The maximum Gasteiger partial charge on any atom is 0.387 e.